The van der Waals surface area contributed by atoms with Gasteiger partial charge in [0.1, 0.15) is 11.5 Å². The van der Waals surface area contributed by atoms with Gasteiger partial charge in [-0.3, -0.25) is 4.79 Å². The second-order valence-electron chi connectivity index (χ2n) is 6.18. The van der Waals surface area contributed by atoms with Crippen molar-refractivity contribution in [3.63, 3.8) is 0 Å². The van der Waals surface area contributed by atoms with Crippen LogP contribution in [0.3, 0.4) is 0 Å². The molecule has 3 unspecified atom stereocenters. The molecule has 6 heteroatoms. The maximum atomic E-state index is 12.2. The molecule has 0 radical (unpaired) electrons. The summed E-state index contributed by atoms with van der Waals surface area (Å²) in [4.78, 5) is 25.8. The summed E-state index contributed by atoms with van der Waals surface area (Å²) in [7, 11) is 0. The summed E-state index contributed by atoms with van der Waals surface area (Å²) in [5.74, 6) is -0.703. The van der Waals surface area contributed by atoms with E-state index in [2.05, 4.69) is 0 Å². The molecule has 0 spiro atoms. The van der Waals surface area contributed by atoms with Crippen LogP contribution in [0, 0.1) is 5.92 Å². The largest absolute Gasteiger partial charge is 0.466 e. The summed E-state index contributed by atoms with van der Waals surface area (Å²) in [6.45, 7) is 8.45. The average molecular weight is 285 g/mol. The summed E-state index contributed by atoms with van der Waals surface area (Å²) in [6.07, 6.45) is 0.0890. The minimum atomic E-state index is -0.548. The van der Waals surface area contributed by atoms with E-state index in [0.717, 1.165) is 6.42 Å². The summed E-state index contributed by atoms with van der Waals surface area (Å²) in [5.41, 5.74) is -0.548. The molecular weight excluding hydrogens is 262 g/mol. The van der Waals surface area contributed by atoms with Crippen LogP contribution in [0.5, 0.6) is 0 Å². The Labute approximate surface area is 119 Å². The van der Waals surface area contributed by atoms with Gasteiger partial charge in [-0.25, -0.2) is 4.79 Å². The van der Waals surface area contributed by atoms with Crippen molar-refractivity contribution in [1.29, 1.82) is 0 Å². The van der Waals surface area contributed by atoms with Gasteiger partial charge in [0.05, 0.1) is 18.8 Å². The fourth-order valence-corrected chi connectivity index (χ4v) is 2.76. The van der Waals surface area contributed by atoms with Crippen LogP contribution >= 0.6 is 0 Å². The number of carbonyl (C=O) groups is 2. The molecule has 0 N–H and O–H groups in total. The van der Waals surface area contributed by atoms with E-state index >= 15 is 0 Å². The highest BCUT2D eigenvalue weighted by Crippen LogP contribution is 2.35. The standard InChI is InChI=1S/C14H23NO5/c1-5-18-12(16)9-8-15(10-6-7-19-11(9)10)13(17)20-14(2,3)4/h9-11H,5-8H2,1-4H3. The summed E-state index contributed by atoms with van der Waals surface area (Å²) < 4.78 is 16.1. The van der Waals surface area contributed by atoms with Crippen molar-refractivity contribution in [2.45, 2.75) is 51.9 Å². The molecular formula is C14H23NO5. The van der Waals surface area contributed by atoms with E-state index in [-0.39, 0.29) is 24.2 Å². The molecule has 2 heterocycles. The molecule has 20 heavy (non-hydrogen) atoms. The Hall–Kier alpha value is -1.30. The Morgan fingerprint density at radius 3 is 2.65 bits per heavy atom. The number of likely N-dealkylation sites (tertiary alicyclic amines) is 1. The monoisotopic (exact) mass is 285 g/mol. The Kier molecular flexibility index (Phi) is 4.22. The molecule has 6 nitrogen and oxygen atoms in total. The van der Waals surface area contributed by atoms with Crippen LogP contribution in [-0.4, -0.2) is 54.5 Å². The summed E-state index contributed by atoms with van der Waals surface area (Å²) >= 11 is 0. The normalized spacial score (nSPS) is 29.2. The van der Waals surface area contributed by atoms with Gasteiger partial charge in [0.25, 0.3) is 0 Å². The van der Waals surface area contributed by atoms with Crippen LogP contribution in [0.25, 0.3) is 0 Å². The highest BCUT2D eigenvalue weighted by Gasteiger charge is 2.52. The van der Waals surface area contributed by atoms with Gasteiger partial charge in [-0.2, -0.15) is 0 Å². The molecule has 2 aliphatic heterocycles. The van der Waals surface area contributed by atoms with Gasteiger partial charge >= 0.3 is 12.1 Å². The number of hydrogen-bond donors (Lipinski definition) is 0. The van der Waals surface area contributed by atoms with E-state index in [9.17, 15) is 9.59 Å². The zero-order chi connectivity index (χ0) is 14.9. The summed E-state index contributed by atoms with van der Waals surface area (Å²) in [6, 6.07) is -0.0840. The number of hydrogen-bond acceptors (Lipinski definition) is 5. The quantitative estimate of drug-likeness (QED) is 0.721. The molecule has 0 bridgehead atoms. The van der Waals surface area contributed by atoms with Crippen molar-refractivity contribution in [2.75, 3.05) is 19.8 Å². The fourth-order valence-electron chi connectivity index (χ4n) is 2.76. The topological polar surface area (TPSA) is 65.1 Å². The molecule has 0 aromatic rings. The molecule has 2 aliphatic rings. The SMILES string of the molecule is CCOC(=O)C1CN(C(=O)OC(C)(C)C)C2CCOC12. The zero-order valence-corrected chi connectivity index (χ0v) is 12.5. The number of fused-ring (bicyclic) bond motifs is 1. The number of amides is 1. The Morgan fingerprint density at radius 1 is 1.35 bits per heavy atom. The maximum absolute atomic E-state index is 12.2. The van der Waals surface area contributed by atoms with Crippen molar-refractivity contribution in [3.05, 3.63) is 0 Å². The van der Waals surface area contributed by atoms with Crippen LogP contribution in [0.15, 0.2) is 0 Å². The second-order valence-corrected chi connectivity index (χ2v) is 6.18. The molecule has 3 atom stereocenters. The Bertz CT molecular complexity index is 390. The van der Waals surface area contributed by atoms with Gasteiger partial charge in [0.2, 0.25) is 0 Å². The second kappa shape index (κ2) is 5.60. The average Bonchev–Trinajstić information content (AvgIpc) is 2.86. The molecule has 2 rings (SSSR count). The van der Waals surface area contributed by atoms with Gasteiger partial charge in [-0.05, 0) is 34.1 Å². The molecule has 114 valence electrons. The van der Waals surface area contributed by atoms with Crippen LogP contribution in [-0.2, 0) is 19.0 Å². The van der Waals surface area contributed by atoms with E-state index in [4.69, 9.17) is 14.2 Å². The van der Waals surface area contributed by atoms with Gasteiger partial charge in [-0.15, -0.1) is 0 Å². The van der Waals surface area contributed by atoms with Crippen molar-refractivity contribution < 1.29 is 23.8 Å². The van der Waals surface area contributed by atoms with Crippen molar-refractivity contribution in [2.24, 2.45) is 5.92 Å². The predicted molar refractivity (Wildman–Crippen MR) is 71.2 cm³/mol. The lowest BCUT2D eigenvalue weighted by atomic mass is 10.0. The third-order valence-corrected chi connectivity index (χ3v) is 3.51. The number of ether oxygens (including phenoxy) is 3. The van der Waals surface area contributed by atoms with E-state index in [1.54, 1.807) is 11.8 Å². The maximum Gasteiger partial charge on any atom is 0.410 e. The number of esters is 1. The van der Waals surface area contributed by atoms with Gasteiger partial charge in [0.15, 0.2) is 0 Å². The lowest BCUT2D eigenvalue weighted by molar-refractivity contribution is -0.150. The highest BCUT2D eigenvalue weighted by molar-refractivity contribution is 5.77. The third kappa shape index (κ3) is 3.06. The predicted octanol–water partition coefficient (Wildman–Crippen LogP) is 1.57. The van der Waals surface area contributed by atoms with E-state index in [1.807, 2.05) is 20.8 Å². The van der Waals surface area contributed by atoms with Crippen molar-refractivity contribution in [3.8, 4) is 0 Å². The molecule has 0 aromatic heterocycles. The highest BCUT2D eigenvalue weighted by atomic mass is 16.6. The number of nitrogens with zero attached hydrogens (tertiary/aromatic N) is 1. The minimum absolute atomic E-state index is 0.0840. The number of rotatable bonds is 2. The lowest BCUT2D eigenvalue weighted by Gasteiger charge is -2.27. The van der Waals surface area contributed by atoms with E-state index < -0.39 is 11.5 Å². The third-order valence-electron chi connectivity index (χ3n) is 3.51. The molecule has 1 amide bonds. The smallest absolute Gasteiger partial charge is 0.410 e. The zero-order valence-electron chi connectivity index (χ0n) is 12.5. The van der Waals surface area contributed by atoms with Crippen molar-refractivity contribution in [1.82, 2.24) is 4.90 Å². The van der Waals surface area contributed by atoms with Gasteiger partial charge < -0.3 is 19.1 Å². The van der Waals surface area contributed by atoms with Crippen molar-refractivity contribution >= 4 is 12.1 Å². The lowest BCUT2D eigenvalue weighted by Crippen LogP contribution is -2.41. The first-order valence-corrected chi connectivity index (χ1v) is 7.11. The Morgan fingerprint density at radius 2 is 2.05 bits per heavy atom. The molecule has 0 saturated carbocycles. The Balaban J connectivity index is 2.08. The van der Waals surface area contributed by atoms with Crippen LogP contribution < -0.4 is 0 Å². The van der Waals surface area contributed by atoms with Crippen LogP contribution in [0.4, 0.5) is 4.79 Å². The molecule has 0 aromatic carbocycles. The molecule has 2 saturated heterocycles. The van der Waals surface area contributed by atoms with Gasteiger partial charge in [-0.1, -0.05) is 0 Å². The molecule has 0 aliphatic carbocycles. The number of carbonyl (C=O) groups excluding carboxylic acids is 2. The first-order valence-electron chi connectivity index (χ1n) is 7.11. The summed E-state index contributed by atoms with van der Waals surface area (Å²) in [5, 5.41) is 0. The van der Waals surface area contributed by atoms with Crippen LogP contribution in [0.1, 0.15) is 34.1 Å². The first kappa shape index (κ1) is 15.1. The first-order chi connectivity index (χ1) is 9.33. The molecule has 2 fully saturated rings. The minimum Gasteiger partial charge on any atom is -0.466 e. The van der Waals surface area contributed by atoms with E-state index in [1.165, 1.54) is 0 Å². The van der Waals surface area contributed by atoms with Crippen LogP contribution in [0.2, 0.25) is 0 Å². The van der Waals surface area contributed by atoms with E-state index in [0.29, 0.717) is 19.8 Å². The van der Waals surface area contributed by atoms with Gasteiger partial charge in [0, 0.05) is 13.2 Å². The fraction of sp³-hybridized carbons (Fsp3) is 0.857.